The van der Waals surface area contributed by atoms with Gasteiger partial charge < -0.3 is 9.22 Å². The predicted octanol–water partition coefficient (Wildman–Crippen LogP) is 1.02. The van der Waals surface area contributed by atoms with Crippen LogP contribution in [0.2, 0.25) is 6.55 Å². The molecule has 0 aromatic rings. The maximum absolute atomic E-state index is 10.5. The second-order valence-electron chi connectivity index (χ2n) is 2.86. The SMILES string of the molecule is CC1CO[Si](C)(C=O)CS1. The molecule has 0 radical (unpaired) electrons. The van der Waals surface area contributed by atoms with E-state index in [-0.39, 0.29) is 0 Å². The predicted molar refractivity (Wildman–Crippen MR) is 46.2 cm³/mol. The molecule has 2 nitrogen and oxygen atoms in total. The number of hydrogen-bond donors (Lipinski definition) is 0. The highest BCUT2D eigenvalue weighted by molar-refractivity contribution is 8.01. The lowest BCUT2D eigenvalue weighted by molar-refractivity contribution is 0.314. The van der Waals surface area contributed by atoms with E-state index in [0.717, 1.165) is 17.9 Å². The van der Waals surface area contributed by atoms with Gasteiger partial charge in [0.1, 0.15) is 5.91 Å². The van der Waals surface area contributed by atoms with Gasteiger partial charge in [0.05, 0.1) is 0 Å². The van der Waals surface area contributed by atoms with Crippen molar-refractivity contribution >= 4 is 26.0 Å². The van der Waals surface area contributed by atoms with E-state index in [1.807, 2.05) is 18.3 Å². The van der Waals surface area contributed by atoms with E-state index in [9.17, 15) is 4.79 Å². The average molecular weight is 176 g/mol. The molecule has 0 bridgehead atoms. The van der Waals surface area contributed by atoms with Crippen LogP contribution in [0.1, 0.15) is 6.92 Å². The summed E-state index contributed by atoms with van der Waals surface area (Å²) in [6.45, 7) is 4.86. The third kappa shape index (κ3) is 1.84. The Balaban J connectivity index is 2.46. The van der Waals surface area contributed by atoms with Crippen LogP contribution in [-0.2, 0) is 9.22 Å². The lowest BCUT2D eigenvalue weighted by atomic mass is 10.5. The zero-order chi connectivity index (χ0) is 7.61. The fourth-order valence-electron chi connectivity index (χ4n) is 0.773. The van der Waals surface area contributed by atoms with Crippen molar-refractivity contribution in [3.05, 3.63) is 0 Å². The molecular formula is C6H12O2SSi. The second kappa shape index (κ2) is 3.07. The third-order valence-electron chi connectivity index (χ3n) is 1.55. The van der Waals surface area contributed by atoms with Crippen LogP contribution in [0.3, 0.4) is 0 Å². The first-order valence-electron chi connectivity index (χ1n) is 3.38. The summed E-state index contributed by atoms with van der Waals surface area (Å²) in [6, 6.07) is 0. The number of rotatable bonds is 1. The smallest absolute Gasteiger partial charge is 0.266 e. The molecule has 2 unspecified atom stereocenters. The highest BCUT2D eigenvalue weighted by Crippen LogP contribution is 2.23. The van der Waals surface area contributed by atoms with Crippen molar-refractivity contribution in [3.8, 4) is 0 Å². The number of carbonyl (C=O) groups excluding carboxylic acids is 1. The zero-order valence-corrected chi connectivity index (χ0v) is 8.11. The van der Waals surface area contributed by atoms with Gasteiger partial charge in [-0.2, -0.15) is 11.8 Å². The molecule has 0 aromatic carbocycles. The molecule has 1 fully saturated rings. The normalized spacial score (nSPS) is 41.2. The molecular weight excluding hydrogens is 164 g/mol. The van der Waals surface area contributed by atoms with E-state index in [2.05, 4.69) is 6.92 Å². The van der Waals surface area contributed by atoms with E-state index in [0.29, 0.717) is 5.25 Å². The molecule has 2 atom stereocenters. The van der Waals surface area contributed by atoms with Crippen molar-refractivity contribution in [1.82, 2.24) is 0 Å². The molecule has 1 rings (SSSR count). The van der Waals surface area contributed by atoms with Gasteiger partial charge >= 0.3 is 0 Å². The van der Waals surface area contributed by atoms with Crippen molar-refractivity contribution in [2.75, 3.05) is 12.0 Å². The molecule has 4 heteroatoms. The Kier molecular flexibility index (Phi) is 2.54. The number of thioether (sulfide) groups is 1. The minimum absolute atomic E-state index is 0.570. The Morgan fingerprint density at radius 2 is 2.50 bits per heavy atom. The minimum atomic E-state index is -1.87. The molecule has 0 spiro atoms. The lowest BCUT2D eigenvalue weighted by Gasteiger charge is -2.29. The van der Waals surface area contributed by atoms with Crippen LogP contribution in [-0.4, -0.2) is 31.5 Å². The van der Waals surface area contributed by atoms with Gasteiger partial charge in [0.25, 0.3) is 8.32 Å². The van der Waals surface area contributed by atoms with Gasteiger partial charge in [-0.05, 0) is 6.55 Å². The van der Waals surface area contributed by atoms with Crippen molar-refractivity contribution < 1.29 is 9.22 Å². The standard InChI is InChI=1S/C6H12O2SSi/c1-6-3-8-10(2,4-7)5-9-6/h4,6H,3,5H2,1-2H3. The molecule has 0 N–H and O–H groups in total. The van der Waals surface area contributed by atoms with Gasteiger partial charge in [0.15, 0.2) is 0 Å². The molecule has 58 valence electrons. The van der Waals surface area contributed by atoms with E-state index in [1.54, 1.807) is 0 Å². The van der Waals surface area contributed by atoms with E-state index in [4.69, 9.17) is 4.43 Å². The topological polar surface area (TPSA) is 26.3 Å². The van der Waals surface area contributed by atoms with Gasteiger partial charge in [-0.1, -0.05) is 6.92 Å². The summed E-state index contributed by atoms with van der Waals surface area (Å²) in [5, 5.41) is 1.50. The van der Waals surface area contributed by atoms with E-state index < -0.39 is 8.32 Å². The summed E-state index contributed by atoms with van der Waals surface area (Å²) in [4.78, 5) is 10.5. The quantitative estimate of drug-likeness (QED) is 0.441. The molecule has 0 aliphatic carbocycles. The maximum Gasteiger partial charge on any atom is 0.266 e. The summed E-state index contributed by atoms with van der Waals surface area (Å²) in [5.41, 5.74) is 0. The van der Waals surface area contributed by atoms with Crippen LogP contribution < -0.4 is 0 Å². The van der Waals surface area contributed by atoms with Gasteiger partial charge in [-0.25, -0.2) is 0 Å². The first-order chi connectivity index (χ1) is 4.66. The summed E-state index contributed by atoms with van der Waals surface area (Å²) in [5.74, 6) is 1.03. The number of carbonyl (C=O) groups is 1. The van der Waals surface area contributed by atoms with E-state index in [1.165, 1.54) is 0 Å². The molecule has 1 aliphatic rings. The summed E-state index contributed by atoms with van der Waals surface area (Å²) in [6.07, 6.45) is 0. The molecule has 10 heavy (non-hydrogen) atoms. The Bertz CT molecular complexity index is 132. The van der Waals surface area contributed by atoms with Crippen molar-refractivity contribution in [2.24, 2.45) is 0 Å². The zero-order valence-electron chi connectivity index (χ0n) is 6.29. The highest BCUT2D eigenvalue weighted by atomic mass is 32.2. The van der Waals surface area contributed by atoms with Crippen LogP contribution >= 0.6 is 11.8 Å². The van der Waals surface area contributed by atoms with Crippen LogP contribution in [0.15, 0.2) is 0 Å². The molecule has 0 aromatic heterocycles. The first-order valence-corrected chi connectivity index (χ1v) is 7.12. The third-order valence-corrected chi connectivity index (χ3v) is 6.54. The Labute approximate surface area is 66.5 Å². The van der Waals surface area contributed by atoms with Crippen molar-refractivity contribution in [3.63, 3.8) is 0 Å². The second-order valence-corrected chi connectivity index (χ2v) is 8.31. The summed E-state index contributed by atoms with van der Waals surface area (Å²) in [7, 11) is -1.87. The Morgan fingerprint density at radius 1 is 1.80 bits per heavy atom. The van der Waals surface area contributed by atoms with Gasteiger partial charge in [0.2, 0.25) is 0 Å². The van der Waals surface area contributed by atoms with Crippen LogP contribution in [0.25, 0.3) is 0 Å². The monoisotopic (exact) mass is 176 g/mol. The van der Waals surface area contributed by atoms with Crippen LogP contribution in [0.4, 0.5) is 0 Å². The highest BCUT2D eigenvalue weighted by Gasteiger charge is 2.33. The van der Waals surface area contributed by atoms with Gasteiger partial charge in [-0.3, -0.25) is 0 Å². The number of hydrogen-bond acceptors (Lipinski definition) is 3. The van der Waals surface area contributed by atoms with Crippen LogP contribution in [0.5, 0.6) is 0 Å². The molecule has 0 amide bonds. The Morgan fingerprint density at radius 3 is 2.90 bits per heavy atom. The summed E-state index contributed by atoms with van der Waals surface area (Å²) >= 11 is 1.86. The Hall–Kier alpha value is 0.197. The molecule has 1 saturated heterocycles. The van der Waals surface area contributed by atoms with Gasteiger partial charge in [0, 0.05) is 17.2 Å². The average Bonchev–Trinajstić information content (AvgIpc) is 1.96. The van der Waals surface area contributed by atoms with E-state index >= 15 is 0 Å². The maximum atomic E-state index is 10.5. The van der Waals surface area contributed by atoms with Gasteiger partial charge in [-0.15, -0.1) is 0 Å². The van der Waals surface area contributed by atoms with Crippen LogP contribution in [0, 0.1) is 0 Å². The molecule has 1 heterocycles. The fraction of sp³-hybridized carbons (Fsp3) is 0.833. The largest absolute Gasteiger partial charge is 0.408 e. The van der Waals surface area contributed by atoms with Crippen molar-refractivity contribution in [2.45, 2.75) is 18.7 Å². The first kappa shape index (κ1) is 8.29. The fourth-order valence-corrected chi connectivity index (χ4v) is 4.82. The molecule has 0 saturated carbocycles. The lowest BCUT2D eigenvalue weighted by Crippen LogP contribution is -2.46. The minimum Gasteiger partial charge on any atom is -0.408 e. The summed E-state index contributed by atoms with van der Waals surface area (Å²) < 4.78 is 5.48. The molecule has 1 aliphatic heterocycles. The van der Waals surface area contributed by atoms with Crippen molar-refractivity contribution in [1.29, 1.82) is 0 Å².